The predicted octanol–water partition coefficient (Wildman–Crippen LogP) is 1.15. The van der Waals surface area contributed by atoms with Crippen LogP contribution < -0.4 is 0 Å². The van der Waals surface area contributed by atoms with Gasteiger partial charge in [0, 0.05) is 12.6 Å². The third-order valence-electron chi connectivity index (χ3n) is 3.60. The summed E-state index contributed by atoms with van der Waals surface area (Å²) in [5.41, 5.74) is -0.602. The van der Waals surface area contributed by atoms with Crippen molar-refractivity contribution in [3.8, 4) is 0 Å². The molecule has 0 bridgehead atoms. The average Bonchev–Trinajstić information content (AvgIpc) is 2.56. The molecule has 0 aromatic carbocycles. The Labute approximate surface area is 113 Å². The second-order valence-electron chi connectivity index (χ2n) is 6.27. The second-order valence-corrected chi connectivity index (χ2v) is 6.27. The van der Waals surface area contributed by atoms with Gasteiger partial charge in [-0.2, -0.15) is 0 Å². The Bertz CT molecular complexity index is 373. The zero-order valence-corrected chi connectivity index (χ0v) is 11.8. The van der Waals surface area contributed by atoms with Crippen LogP contribution in [0.5, 0.6) is 0 Å². The lowest BCUT2D eigenvalue weighted by atomic mass is 10.1. The lowest BCUT2D eigenvalue weighted by molar-refractivity contribution is -0.142. The normalized spacial score (nSPS) is 28.1. The summed E-state index contributed by atoms with van der Waals surface area (Å²) in [6.07, 6.45) is 1.12. The van der Waals surface area contributed by atoms with Gasteiger partial charge >= 0.3 is 12.1 Å². The minimum absolute atomic E-state index is 0.155. The van der Waals surface area contributed by atoms with Crippen molar-refractivity contribution in [3.05, 3.63) is 0 Å². The van der Waals surface area contributed by atoms with Crippen molar-refractivity contribution in [2.45, 2.75) is 51.3 Å². The first kappa shape index (κ1) is 14.1. The van der Waals surface area contributed by atoms with Crippen LogP contribution in [0.25, 0.3) is 0 Å². The van der Waals surface area contributed by atoms with Gasteiger partial charge in [0.15, 0.2) is 0 Å². The molecule has 108 valence electrons. The smallest absolute Gasteiger partial charge is 0.411 e. The van der Waals surface area contributed by atoms with Crippen LogP contribution in [0.4, 0.5) is 4.79 Å². The van der Waals surface area contributed by atoms with Crippen LogP contribution in [0.1, 0.15) is 33.6 Å². The Kier molecular flexibility index (Phi) is 3.71. The van der Waals surface area contributed by atoms with E-state index in [9.17, 15) is 14.7 Å². The van der Waals surface area contributed by atoms with Gasteiger partial charge < -0.3 is 9.84 Å². The zero-order chi connectivity index (χ0) is 14.2. The predicted molar refractivity (Wildman–Crippen MR) is 69.0 cm³/mol. The molecule has 6 heteroatoms. The molecule has 2 saturated heterocycles. The maximum Gasteiger partial charge on any atom is 0.411 e. The van der Waals surface area contributed by atoms with Gasteiger partial charge in [0.25, 0.3) is 0 Å². The number of aliphatic carboxylic acids is 1. The molecule has 1 amide bonds. The Hall–Kier alpha value is -1.30. The maximum absolute atomic E-state index is 12.1. The monoisotopic (exact) mass is 270 g/mol. The molecule has 1 unspecified atom stereocenters. The molecule has 2 aliphatic heterocycles. The molecule has 0 aromatic rings. The summed E-state index contributed by atoms with van der Waals surface area (Å²) >= 11 is 0. The first-order valence-electron chi connectivity index (χ1n) is 6.74. The number of nitrogens with zero attached hydrogens (tertiary/aromatic N) is 2. The van der Waals surface area contributed by atoms with E-state index in [1.165, 1.54) is 4.90 Å². The van der Waals surface area contributed by atoms with E-state index in [1.807, 2.05) is 0 Å². The minimum atomic E-state index is -0.950. The van der Waals surface area contributed by atoms with E-state index >= 15 is 0 Å². The average molecular weight is 270 g/mol. The van der Waals surface area contributed by atoms with Crippen molar-refractivity contribution < 1.29 is 19.4 Å². The van der Waals surface area contributed by atoms with Crippen molar-refractivity contribution in [2.75, 3.05) is 19.6 Å². The maximum atomic E-state index is 12.1. The van der Waals surface area contributed by atoms with Gasteiger partial charge in [0.1, 0.15) is 11.6 Å². The van der Waals surface area contributed by atoms with E-state index in [0.29, 0.717) is 13.0 Å². The molecule has 2 aliphatic rings. The first-order valence-corrected chi connectivity index (χ1v) is 6.74. The first-order chi connectivity index (χ1) is 8.78. The summed E-state index contributed by atoms with van der Waals surface area (Å²) in [5, 5.41) is 9.25. The van der Waals surface area contributed by atoms with Gasteiger partial charge in [-0.1, -0.05) is 0 Å². The van der Waals surface area contributed by atoms with E-state index in [-0.39, 0.29) is 6.04 Å². The third-order valence-corrected chi connectivity index (χ3v) is 3.60. The molecule has 0 radical (unpaired) electrons. The number of ether oxygens (including phenoxy) is 1. The van der Waals surface area contributed by atoms with E-state index in [2.05, 4.69) is 4.90 Å². The van der Waals surface area contributed by atoms with Gasteiger partial charge in [-0.05, 0) is 46.7 Å². The number of likely N-dealkylation sites (tertiary alicyclic amines) is 2. The van der Waals surface area contributed by atoms with Crippen LogP contribution in [0.15, 0.2) is 0 Å². The molecule has 2 atom stereocenters. The molecular weight excluding hydrogens is 248 g/mol. The fourth-order valence-electron chi connectivity index (χ4n) is 2.54. The number of carboxylic acids is 1. The van der Waals surface area contributed by atoms with Crippen LogP contribution in [0.2, 0.25) is 0 Å². The quantitative estimate of drug-likeness (QED) is 0.815. The minimum Gasteiger partial charge on any atom is -0.480 e. The highest BCUT2D eigenvalue weighted by atomic mass is 16.6. The van der Waals surface area contributed by atoms with Crippen LogP contribution >= 0.6 is 0 Å². The molecule has 0 aromatic heterocycles. The molecule has 0 aliphatic carbocycles. The van der Waals surface area contributed by atoms with E-state index < -0.39 is 23.7 Å². The van der Waals surface area contributed by atoms with Crippen molar-refractivity contribution in [1.29, 1.82) is 0 Å². The SMILES string of the molecule is CC(C)(C)OC(=O)N1CC(N2CCC2)C[C@H]1C(=O)O. The van der Waals surface area contributed by atoms with Crippen molar-refractivity contribution >= 4 is 12.1 Å². The van der Waals surface area contributed by atoms with Crippen LogP contribution in [-0.4, -0.2) is 64.3 Å². The van der Waals surface area contributed by atoms with Crippen molar-refractivity contribution in [3.63, 3.8) is 0 Å². The van der Waals surface area contributed by atoms with Crippen LogP contribution in [0, 0.1) is 0 Å². The molecule has 2 rings (SSSR count). The number of carbonyl (C=O) groups excluding carboxylic acids is 1. The number of amides is 1. The number of hydrogen-bond acceptors (Lipinski definition) is 4. The summed E-state index contributed by atoms with van der Waals surface area (Å²) < 4.78 is 5.29. The zero-order valence-electron chi connectivity index (χ0n) is 11.8. The van der Waals surface area contributed by atoms with E-state index in [4.69, 9.17) is 4.74 Å². The van der Waals surface area contributed by atoms with Crippen LogP contribution in [0.3, 0.4) is 0 Å². The fraction of sp³-hybridized carbons (Fsp3) is 0.846. The summed E-state index contributed by atoms with van der Waals surface area (Å²) in [5.74, 6) is -0.950. The Morgan fingerprint density at radius 1 is 1.26 bits per heavy atom. The number of carbonyl (C=O) groups is 2. The topological polar surface area (TPSA) is 70.1 Å². The van der Waals surface area contributed by atoms with Gasteiger partial charge in [-0.25, -0.2) is 9.59 Å². The van der Waals surface area contributed by atoms with E-state index in [0.717, 1.165) is 19.5 Å². The summed E-state index contributed by atoms with van der Waals surface area (Å²) in [7, 11) is 0. The number of carboxylic acid groups (broad SMARTS) is 1. The van der Waals surface area contributed by atoms with Gasteiger partial charge in [0.05, 0.1) is 0 Å². The highest BCUT2D eigenvalue weighted by Gasteiger charge is 2.44. The van der Waals surface area contributed by atoms with Gasteiger partial charge in [-0.3, -0.25) is 9.80 Å². The molecule has 2 heterocycles. The fourth-order valence-corrected chi connectivity index (χ4v) is 2.54. The van der Waals surface area contributed by atoms with Crippen LogP contribution in [-0.2, 0) is 9.53 Å². The summed E-state index contributed by atoms with van der Waals surface area (Å²) in [4.78, 5) is 27.0. The standard InChI is InChI=1S/C13H22N2O4/c1-13(2,3)19-12(18)15-8-9(14-5-4-6-14)7-10(15)11(16)17/h9-10H,4-8H2,1-3H3,(H,16,17)/t9?,10-/m0/s1. The lowest BCUT2D eigenvalue weighted by Gasteiger charge is -2.36. The molecule has 1 N–H and O–H groups in total. The van der Waals surface area contributed by atoms with Gasteiger partial charge in [-0.15, -0.1) is 0 Å². The van der Waals surface area contributed by atoms with Crippen molar-refractivity contribution in [2.24, 2.45) is 0 Å². The summed E-state index contributed by atoms with van der Waals surface area (Å²) in [6.45, 7) is 7.79. The summed E-state index contributed by atoms with van der Waals surface area (Å²) in [6, 6.07) is -0.609. The largest absolute Gasteiger partial charge is 0.480 e. The Balaban J connectivity index is 2.04. The van der Waals surface area contributed by atoms with Crippen molar-refractivity contribution in [1.82, 2.24) is 9.80 Å². The highest BCUT2D eigenvalue weighted by Crippen LogP contribution is 2.27. The third kappa shape index (κ3) is 3.18. The molecular formula is C13H22N2O4. The highest BCUT2D eigenvalue weighted by molar-refractivity contribution is 5.81. The number of rotatable bonds is 2. The molecule has 0 saturated carbocycles. The molecule has 19 heavy (non-hydrogen) atoms. The number of hydrogen-bond donors (Lipinski definition) is 1. The van der Waals surface area contributed by atoms with E-state index in [1.54, 1.807) is 20.8 Å². The second kappa shape index (κ2) is 5.00. The molecule has 2 fully saturated rings. The Morgan fingerprint density at radius 2 is 1.89 bits per heavy atom. The van der Waals surface area contributed by atoms with Gasteiger partial charge in [0.2, 0.25) is 0 Å². The molecule has 6 nitrogen and oxygen atoms in total. The lowest BCUT2D eigenvalue weighted by Crippen LogP contribution is -2.47. The molecule has 0 spiro atoms. The Morgan fingerprint density at radius 3 is 2.32 bits per heavy atom.